The third-order valence-corrected chi connectivity index (χ3v) is 5.04. The molecule has 4 rings (SSSR count). The molecule has 10 heteroatoms. The van der Waals surface area contributed by atoms with Crippen LogP contribution in [0.5, 0.6) is 0 Å². The van der Waals surface area contributed by atoms with Crippen molar-refractivity contribution < 1.29 is 26.8 Å². The fourth-order valence-corrected chi connectivity index (χ4v) is 3.55. The molecule has 0 spiro atoms. The van der Waals surface area contributed by atoms with Crippen molar-refractivity contribution in [3.8, 4) is 22.6 Å². The first-order valence-corrected chi connectivity index (χ1v) is 9.88. The highest BCUT2D eigenvalue weighted by Crippen LogP contribution is 2.28. The normalized spacial score (nSPS) is 11.0. The standard InChI is InChI=1S/C21H13F4N3O2S/c22-11-4-5-13(23)12(8-11)16-10-31-21(27-16)28-18(29)6-7-19-26-9-17(30-19)20-14(24)2-1-3-15(20)25/h1-5,8-10H,6-7H2,(H,27,28,29). The molecular formula is C21H13F4N3O2S. The van der Waals surface area contributed by atoms with E-state index in [1.54, 1.807) is 0 Å². The SMILES string of the molecule is O=C(CCc1ncc(-c2c(F)cccc2F)o1)Nc1nc(-c2cc(F)ccc2F)cs1. The Labute approximate surface area is 177 Å². The summed E-state index contributed by atoms with van der Waals surface area (Å²) in [6, 6.07) is 6.47. The maximum absolute atomic E-state index is 13.9. The number of rotatable bonds is 6. The summed E-state index contributed by atoms with van der Waals surface area (Å²) in [6.07, 6.45) is 1.23. The molecule has 0 radical (unpaired) electrons. The first-order valence-electron chi connectivity index (χ1n) is 9.00. The van der Waals surface area contributed by atoms with E-state index < -0.39 is 29.2 Å². The molecule has 0 saturated carbocycles. The van der Waals surface area contributed by atoms with Gasteiger partial charge in [0.15, 0.2) is 16.8 Å². The van der Waals surface area contributed by atoms with Gasteiger partial charge in [-0.05, 0) is 30.3 Å². The zero-order chi connectivity index (χ0) is 22.0. The van der Waals surface area contributed by atoms with Gasteiger partial charge < -0.3 is 9.73 Å². The molecule has 0 unspecified atom stereocenters. The van der Waals surface area contributed by atoms with Crippen LogP contribution in [0.2, 0.25) is 0 Å². The van der Waals surface area contributed by atoms with E-state index in [9.17, 15) is 22.4 Å². The van der Waals surface area contributed by atoms with Gasteiger partial charge in [-0.3, -0.25) is 4.79 Å². The van der Waals surface area contributed by atoms with Crippen molar-refractivity contribution in [2.75, 3.05) is 5.32 Å². The van der Waals surface area contributed by atoms with Gasteiger partial charge in [0.25, 0.3) is 0 Å². The minimum atomic E-state index is -0.783. The number of aryl methyl sites for hydroxylation is 1. The Morgan fingerprint density at radius 3 is 2.61 bits per heavy atom. The summed E-state index contributed by atoms with van der Waals surface area (Å²) in [5.74, 6) is -3.16. The molecule has 2 heterocycles. The van der Waals surface area contributed by atoms with Crippen LogP contribution in [0.1, 0.15) is 12.3 Å². The van der Waals surface area contributed by atoms with Gasteiger partial charge in [0.1, 0.15) is 23.3 Å². The molecule has 0 aliphatic rings. The number of anilines is 1. The summed E-state index contributed by atoms with van der Waals surface area (Å²) in [5.41, 5.74) is -0.142. The smallest absolute Gasteiger partial charge is 0.226 e. The van der Waals surface area contributed by atoms with Crippen molar-refractivity contribution in [1.82, 2.24) is 9.97 Å². The van der Waals surface area contributed by atoms with Crippen LogP contribution in [-0.2, 0) is 11.2 Å². The van der Waals surface area contributed by atoms with Crippen molar-refractivity contribution >= 4 is 22.4 Å². The molecule has 0 aliphatic heterocycles. The Hall–Kier alpha value is -3.53. The van der Waals surface area contributed by atoms with Gasteiger partial charge in [0, 0.05) is 23.8 Å². The van der Waals surface area contributed by atoms with Crippen LogP contribution in [0, 0.1) is 23.3 Å². The number of carbonyl (C=O) groups is 1. The molecule has 2 aromatic heterocycles. The van der Waals surface area contributed by atoms with Crippen LogP contribution < -0.4 is 5.32 Å². The Bertz CT molecular complexity index is 1230. The number of nitrogens with zero attached hydrogens (tertiary/aromatic N) is 2. The van der Waals surface area contributed by atoms with Crippen LogP contribution >= 0.6 is 11.3 Å². The van der Waals surface area contributed by atoms with Crippen LogP contribution in [0.15, 0.2) is 52.4 Å². The maximum Gasteiger partial charge on any atom is 0.226 e. The summed E-state index contributed by atoms with van der Waals surface area (Å²) < 4.78 is 60.2. The van der Waals surface area contributed by atoms with Crippen LogP contribution in [0.3, 0.4) is 0 Å². The highest BCUT2D eigenvalue weighted by atomic mass is 32.1. The second kappa shape index (κ2) is 8.68. The van der Waals surface area contributed by atoms with Gasteiger partial charge in [-0.25, -0.2) is 27.5 Å². The van der Waals surface area contributed by atoms with Crippen LogP contribution in [0.25, 0.3) is 22.6 Å². The molecule has 31 heavy (non-hydrogen) atoms. The lowest BCUT2D eigenvalue weighted by Crippen LogP contribution is -2.12. The Morgan fingerprint density at radius 2 is 1.84 bits per heavy atom. The molecule has 0 atom stereocenters. The van der Waals surface area contributed by atoms with E-state index in [1.165, 1.54) is 17.6 Å². The molecule has 0 aliphatic carbocycles. The number of hydrogen-bond donors (Lipinski definition) is 1. The predicted molar refractivity (Wildman–Crippen MR) is 106 cm³/mol. The summed E-state index contributed by atoms with van der Waals surface area (Å²) in [7, 11) is 0. The van der Waals surface area contributed by atoms with Crippen LogP contribution in [-0.4, -0.2) is 15.9 Å². The number of carbonyl (C=O) groups excluding carboxylic acids is 1. The van der Waals surface area contributed by atoms with E-state index in [0.717, 1.165) is 41.7 Å². The highest BCUT2D eigenvalue weighted by Gasteiger charge is 2.17. The summed E-state index contributed by atoms with van der Waals surface area (Å²) in [6.45, 7) is 0. The first kappa shape index (κ1) is 20.7. The molecule has 4 aromatic rings. The van der Waals surface area contributed by atoms with Crippen molar-refractivity contribution in [3.05, 3.63) is 77.1 Å². The van der Waals surface area contributed by atoms with Gasteiger partial charge in [-0.2, -0.15) is 0 Å². The van der Waals surface area contributed by atoms with E-state index in [4.69, 9.17) is 4.42 Å². The maximum atomic E-state index is 13.9. The number of aromatic nitrogens is 2. The molecule has 2 aromatic carbocycles. The number of oxazole rings is 1. The first-order chi connectivity index (χ1) is 14.9. The lowest BCUT2D eigenvalue weighted by molar-refractivity contribution is -0.116. The van der Waals surface area contributed by atoms with Gasteiger partial charge in [0.2, 0.25) is 5.91 Å². The average molecular weight is 447 g/mol. The van der Waals surface area contributed by atoms with E-state index >= 15 is 0 Å². The van der Waals surface area contributed by atoms with E-state index in [-0.39, 0.29) is 46.4 Å². The Morgan fingerprint density at radius 1 is 1.06 bits per heavy atom. The molecule has 0 bridgehead atoms. The molecule has 1 amide bonds. The van der Waals surface area contributed by atoms with E-state index in [1.807, 2.05) is 0 Å². The van der Waals surface area contributed by atoms with Crippen molar-refractivity contribution in [1.29, 1.82) is 0 Å². The number of hydrogen-bond acceptors (Lipinski definition) is 5. The zero-order valence-electron chi connectivity index (χ0n) is 15.7. The molecule has 0 saturated heterocycles. The Kier molecular flexibility index (Phi) is 5.81. The number of nitrogens with one attached hydrogen (secondary N) is 1. The fraction of sp³-hybridized carbons (Fsp3) is 0.0952. The van der Waals surface area contributed by atoms with Crippen molar-refractivity contribution in [3.63, 3.8) is 0 Å². The molecular weight excluding hydrogens is 434 g/mol. The fourth-order valence-electron chi connectivity index (χ4n) is 2.83. The van der Waals surface area contributed by atoms with Gasteiger partial charge in [-0.1, -0.05) is 6.07 Å². The predicted octanol–water partition coefficient (Wildman–Crippen LogP) is 5.59. The highest BCUT2D eigenvalue weighted by molar-refractivity contribution is 7.14. The quantitative estimate of drug-likeness (QED) is 0.391. The number of amides is 1. The van der Waals surface area contributed by atoms with E-state index in [2.05, 4.69) is 15.3 Å². The minimum absolute atomic E-state index is 0.00978. The summed E-state index contributed by atoms with van der Waals surface area (Å²) in [5, 5.41) is 4.27. The number of thiazole rings is 1. The zero-order valence-corrected chi connectivity index (χ0v) is 16.5. The third-order valence-electron chi connectivity index (χ3n) is 4.28. The summed E-state index contributed by atoms with van der Waals surface area (Å²) >= 11 is 1.06. The lowest BCUT2D eigenvalue weighted by Gasteiger charge is -2.01. The van der Waals surface area contributed by atoms with Gasteiger partial charge in [0.05, 0.1) is 17.5 Å². The number of halogens is 4. The molecule has 0 fully saturated rings. The van der Waals surface area contributed by atoms with Crippen molar-refractivity contribution in [2.24, 2.45) is 0 Å². The largest absolute Gasteiger partial charge is 0.441 e. The van der Waals surface area contributed by atoms with Crippen LogP contribution in [0.4, 0.5) is 22.7 Å². The van der Waals surface area contributed by atoms with Gasteiger partial charge >= 0.3 is 0 Å². The van der Waals surface area contributed by atoms with Crippen molar-refractivity contribution in [2.45, 2.75) is 12.8 Å². The monoisotopic (exact) mass is 447 g/mol. The second-order valence-corrected chi connectivity index (χ2v) is 7.28. The topological polar surface area (TPSA) is 68.0 Å². The average Bonchev–Trinajstić information content (AvgIpc) is 3.38. The van der Waals surface area contributed by atoms with E-state index in [0.29, 0.717) is 0 Å². The lowest BCUT2D eigenvalue weighted by atomic mass is 10.1. The minimum Gasteiger partial charge on any atom is -0.441 e. The van der Waals surface area contributed by atoms with Gasteiger partial charge in [-0.15, -0.1) is 11.3 Å². The third kappa shape index (κ3) is 4.64. The molecule has 158 valence electrons. The Balaban J connectivity index is 1.38. The molecule has 5 nitrogen and oxygen atoms in total. The summed E-state index contributed by atoms with van der Waals surface area (Å²) in [4.78, 5) is 20.2. The number of benzene rings is 2. The second-order valence-electron chi connectivity index (χ2n) is 6.43. The molecule has 1 N–H and O–H groups in total.